The number of anilines is 1. The Morgan fingerprint density at radius 3 is 2.41 bits per heavy atom. The number of nitrogens with two attached hydrogens (primary N) is 1. The van der Waals surface area contributed by atoms with Gasteiger partial charge in [0.25, 0.3) is 6.08 Å². The van der Waals surface area contributed by atoms with Gasteiger partial charge in [-0.25, -0.2) is 14.3 Å². The van der Waals surface area contributed by atoms with Crippen LogP contribution < -0.4 is 16.3 Å². The number of hydrogen-bond acceptors (Lipinski definition) is 5. The number of carbonyl (C=O) groups excluding carboxylic acids is 1. The zero-order chi connectivity index (χ0) is 28.9. The lowest BCUT2D eigenvalue weighted by molar-refractivity contribution is -0.192. The molecule has 0 aliphatic carbocycles. The van der Waals surface area contributed by atoms with Crippen molar-refractivity contribution in [3.63, 3.8) is 0 Å². The fourth-order valence-corrected chi connectivity index (χ4v) is 4.01. The smallest absolute Gasteiger partial charge is 0.475 e. The van der Waals surface area contributed by atoms with Gasteiger partial charge >= 0.3 is 17.8 Å². The molecule has 3 N–H and O–H groups in total. The van der Waals surface area contributed by atoms with Crippen LogP contribution in [0.1, 0.15) is 22.6 Å². The quantitative estimate of drug-likeness (QED) is 0.452. The van der Waals surface area contributed by atoms with E-state index in [-0.39, 0.29) is 37.0 Å². The van der Waals surface area contributed by atoms with Gasteiger partial charge in [-0.1, -0.05) is 42.5 Å². The van der Waals surface area contributed by atoms with Gasteiger partial charge in [0.15, 0.2) is 0 Å². The zero-order valence-electron chi connectivity index (χ0n) is 20.5. The lowest BCUT2D eigenvalue weighted by Crippen LogP contribution is -2.37. The molecule has 208 valence electrons. The van der Waals surface area contributed by atoms with E-state index in [0.29, 0.717) is 6.42 Å². The molecule has 2 heterocycles. The molecule has 0 bridgehead atoms. The summed E-state index contributed by atoms with van der Waals surface area (Å²) in [7, 11) is 1.77. The maximum Gasteiger partial charge on any atom is 0.490 e. The second kappa shape index (κ2) is 12.0. The normalized spacial score (nSPS) is 14.8. The first-order valence-electron chi connectivity index (χ1n) is 11.4. The Bertz CT molecular complexity index is 1440. The van der Waals surface area contributed by atoms with Gasteiger partial charge in [0.2, 0.25) is 5.91 Å². The van der Waals surface area contributed by atoms with E-state index in [2.05, 4.69) is 5.10 Å². The van der Waals surface area contributed by atoms with Crippen LogP contribution in [0.15, 0.2) is 71.3 Å². The zero-order valence-corrected chi connectivity index (χ0v) is 20.5. The van der Waals surface area contributed by atoms with E-state index >= 15 is 0 Å². The van der Waals surface area contributed by atoms with Gasteiger partial charge in [0.1, 0.15) is 6.33 Å². The maximum absolute atomic E-state index is 13.0. The Balaban J connectivity index is 0.000000532. The van der Waals surface area contributed by atoms with Crippen LogP contribution in [0.2, 0.25) is 0 Å². The predicted molar refractivity (Wildman–Crippen MR) is 130 cm³/mol. The van der Waals surface area contributed by atoms with E-state index in [1.165, 1.54) is 10.9 Å². The van der Waals surface area contributed by atoms with Gasteiger partial charge in [-0.05, 0) is 29.2 Å². The highest BCUT2D eigenvalue weighted by atomic mass is 19.4. The fraction of sp³-hybridized carbons (Fsp3) is 0.280. The maximum atomic E-state index is 13.0. The number of rotatable bonds is 6. The lowest BCUT2D eigenvalue weighted by Gasteiger charge is -2.32. The number of fused-ring (bicyclic) bond motifs is 1. The van der Waals surface area contributed by atoms with Crippen molar-refractivity contribution in [1.82, 2.24) is 14.3 Å². The molecule has 0 fully saturated rings. The van der Waals surface area contributed by atoms with Crippen LogP contribution in [0.25, 0.3) is 0 Å². The third kappa shape index (κ3) is 6.96. The molecule has 0 spiro atoms. The van der Waals surface area contributed by atoms with Crippen molar-refractivity contribution in [2.75, 3.05) is 18.5 Å². The number of alkyl halides is 3. The SMILES string of the molecule is CN1C(=O)C(c2cccc(Cn3cnn(CC(CN)=C(F)F)c3=O)c2)Cc2ccccc21.O=C(O)C(F)(F)F. The first-order valence-corrected chi connectivity index (χ1v) is 11.4. The Morgan fingerprint density at radius 1 is 1.13 bits per heavy atom. The van der Waals surface area contributed by atoms with E-state index < -0.39 is 23.9 Å². The van der Waals surface area contributed by atoms with Crippen LogP contribution >= 0.6 is 0 Å². The number of carboxylic acids is 1. The summed E-state index contributed by atoms with van der Waals surface area (Å²) < 4.78 is 59.8. The topological polar surface area (TPSA) is 123 Å². The Labute approximate surface area is 218 Å². The van der Waals surface area contributed by atoms with Crippen LogP contribution in [0.3, 0.4) is 0 Å². The number of likely N-dealkylation sites (N-methyl/N-ethyl adjacent to an activating group) is 1. The van der Waals surface area contributed by atoms with Crippen LogP contribution in [-0.4, -0.2) is 51.1 Å². The minimum atomic E-state index is -5.08. The number of amides is 1. The number of aliphatic carboxylic acids is 1. The van der Waals surface area contributed by atoms with Crippen molar-refractivity contribution in [2.24, 2.45) is 5.73 Å². The summed E-state index contributed by atoms with van der Waals surface area (Å²) in [5, 5.41) is 11.0. The summed E-state index contributed by atoms with van der Waals surface area (Å²) in [6, 6.07) is 15.3. The molecule has 1 atom stereocenters. The van der Waals surface area contributed by atoms with Crippen molar-refractivity contribution >= 4 is 17.6 Å². The molecule has 0 saturated heterocycles. The van der Waals surface area contributed by atoms with Crippen molar-refractivity contribution in [1.29, 1.82) is 0 Å². The standard InChI is InChI=1S/C23H23F2N5O2.C2HF3O2/c1-28-20-8-3-2-6-17(20)10-19(22(28)31)16-7-4-5-15(9-16)12-29-14-27-30(23(29)32)13-18(11-26)21(24)25;3-2(4,5)1(6)7/h2-9,14,19H,10-13,26H2,1H3;(H,6,7). The van der Waals surface area contributed by atoms with Gasteiger partial charge in [-0.15, -0.1) is 0 Å². The number of nitrogens with zero attached hydrogens (tertiary/aromatic N) is 4. The summed E-state index contributed by atoms with van der Waals surface area (Å²) >= 11 is 0. The van der Waals surface area contributed by atoms with E-state index in [0.717, 1.165) is 27.1 Å². The van der Waals surface area contributed by atoms with Crippen LogP contribution in [-0.2, 0) is 29.1 Å². The number of benzene rings is 2. The third-order valence-electron chi connectivity index (χ3n) is 6.01. The van der Waals surface area contributed by atoms with Crippen molar-refractivity contribution in [2.45, 2.75) is 31.6 Å². The van der Waals surface area contributed by atoms with E-state index in [4.69, 9.17) is 15.6 Å². The Kier molecular flexibility index (Phi) is 9.01. The second-order valence-corrected chi connectivity index (χ2v) is 8.60. The summed E-state index contributed by atoms with van der Waals surface area (Å²) in [4.78, 5) is 36.1. The molecule has 1 aliphatic heterocycles. The number of carboxylic acid groups (broad SMARTS) is 1. The fourth-order valence-electron chi connectivity index (χ4n) is 4.01. The second-order valence-electron chi connectivity index (χ2n) is 8.60. The minimum absolute atomic E-state index is 0.0141. The highest BCUT2D eigenvalue weighted by molar-refractivity contribution is 6.00. The van der Waals surface area contributed by atoms with Gasteiger partial charge in [0, 0.05) is 24.9 Å². The molecule has 1 amide bonds. The summed E-state index contributed by atoms with van der Waals surface area (Å²) in [6.45, 7) is -0.497. The van der Waals surface area contributed by atoms with Gasteiger partial charge < -0.3 is 15.7 Å². The molecule has 2 aromatic carbocycles. The summed E-state index contributed by atoms with van der Waals surface area (Å²) in [6.07, 6.45) is -5.07. The molecule has 4 rings (SSSR count). The predicted octanol–water partition coefficient (Wildman–Crippen LogP) is 3.14. The van der Waals surface area contributed by atoms with Crippen LogP contribution in [0.4, 0.5) is 27.6 Å². The average Bonchev–Trinajstić information content (AvgIpc) is 3.23. The van der Waals surface area contributed by atoms with Crippen molar-refractivity contribution in [3.05, 3.63) is 93.7 Å². The van der Waals surface area contributed by atoms with Crippen LogP contribution in [0.5, 0.6) is 0 Å². The molecule has 0 saturated carbocycles. The summed E-state index contributed by atoms with van der Waals surface area (Å²) in [5.74, 6) is -3.06. The third-order valence-corrected chi connectivity index (χ3v) is 6.01. The number of carbonyl (C=O) groups is 2. The molecule has 0 radical (unpaired) electrons. The molecule has 9 nitrogen and oxygen atoms in total. The van der Waals surface area contributed by atoms with Crippen molar-refractivity contribution in [3.8, 4) is 0 Å². The Hall–Kier alpha value is -4.33. The van der Waals surface area contributed by atoms with E-state index in [1.807, 2.05) is 48.5 Å². The van der Waals surface area contributed by atoms with Gasteiger partial charge in [0.05, 0.1) is 19.0 Å². The first kappa shape index (κ1) is 29.2. The largest absolute Gasteiger partial charge is 0.490 e. The number of aromatic nitrogens is 3. The average molecular weight is 553 g/mol. The molecular weight excluding hydrogens is 529 g/mol. The molecular formula is C25H24F5N5O4. The Morgan fingerprint density at radius 2 is 1.79 bits per heavy atom. The number of para-hydroxylation sites is 1. The van der Waals surface area contributed by atoms with E-state index in [1.54, 1.807) is 11.9 Å². The molecule has 14 heteroatoms. The molecule has 1 aliphatic rings. The van der Waals surface area contributed by atoms with Gasteiger partial charge in [-0.2, -0.15) is 27.1 Å². The molecule has 3 aromatic rings. The number of halogens is 5. The molecule has 1 aromatic heterocycles. The lowest BCUT2D eigenvalue weighted by atomic mass is 9.86. The van der Waals surface area contributed by atoms with Crippen molar-refractivity contribution < 1.29 is 36.6 Å². The monoisotopic (exact) mass is 553 g/mol. The number of hydrogen-bond donors (Lipinski definition) is 2. The van der Waals surface area contributed by atoms with Crippen LogP contribution in [0, 0.1) is 0 Å². The van der Waals surface area contributed by atoms with E-state index in [9.17, 15) is 31.5 Å². The molecule has 1 unspecified atom stereocenters. The minimum Gasteiger partial charge on any atom is -0.475 e. The molecule has 39 heavy (non-hydrogen) atoms. The van der Waals surface area contributed by atoms with Gasteiger partial charge in [-0.3, -0.25) is 9.36 Å². The first-order chi connectivity index (χ1) is 18.3. The highest BCUT2D eigenvalue weighted by Crippen LogP contribution is 2.34. The highest BCUT2D eigenvalue weighted by Gasteiger charge is 2.38. The summed E-state index contributed by atoms with van der Waals surface area (Å²) in [5.41, 5.74) is 8.17.